The van der Waals surface area contributed by atoms with E-state index in [1.165, 1.54) is 0 Å². The summed E-state index contributed by atoms with van der Waals surface area (Å²) in [6.07, 6.45) is 0.771. The third kappa shape index (κ3) is 1.54. The highest BCUT2D eigenvalue weighted by Gasteiger charge is 2.13. The zero-order chi connectivity index (χ0) is 11.0. The summed E-state index contributed by atoms with van der Waals surface area (Å²) >= 11 is 12.0. The number of hydrogen-bond acceptors (Lipinski definition) is 1. The van der Waals surface area contributed by atoms with Crippen molar-refractivity contribution in [3.63, 3.8) is 0 Å². The normalized spacial score (nSPS) is 10.9. The molecular weight excluding hydrogens is 233 g/mol. The number of nitrogens with zero attached hydrogens (tertiary/aromatic N) is 1. The quantitative estimate of drug-likeness (QED) is 0.734. The van der Waals surface area contributed by atoms with Crippen molar-refractivity contribution in [3.05, 3.63) is 33.9 Å². The average molecular weight is 242 g/mol. The number of fused-ring (bicyclic) bond motifs is 1. The van der Waals surface area contributed by atoms with Gasteiger partial charge in [-0.05, 0) is 25.1 Å². The molecule has 0 unspecified atom stereocenters. The Morgan fingerprint density at radius 3 is 2.73 bits per heavy atom. The van der Waals surface area contributed by atoms with Crippen molar-refractivity contribution >= 4 is 40.4 Å². The van der Waals surface area contributed by atoms with Crippen molar-refractivity contribution in [3.8, 4) is 0 Å². The summed E-state index contributed by atoms with van der Waals surface area (Å²) in [6, 6.07) is 5.43. The predicted octanol–water partition coefficient (Wildman–Crippen LogP) is 3.78. The molecule has 1 aromatic carbocycles. The van der Waals surface area contributed by atoms with Crippen LogP contribution in [0.2, 0.25) is 10.2 Å². The maximum absolute atomic E-state index is 10.9. The standard InChI is InChI=1S/C11H9Cl2NO/c1-2-14-10-4-3-7(12)5-8(10)9(6-15)11(14)13/h3-6H,2H2,1H3. The minimum atomic E-state index is 0.477. The SMILES string of the molecule is CCn1c(Cl)c(C=O)c2cc(Cl)ccc21. The van der Waals surface area contributed by atoms with Crippen LogP contribution in [0.1, 0.15) is 17.3 Å². The summed E-state index contributed by atoms with van der Waals surface area (Å²) in [6.45, 7) is 2.71. The maximum Gasteiger partial charge on any atom is 0.153 e. The Morgan fingerprint density at radius 1 is 1.40 bits per heavy atom. The highest BCUT2D eigenvalue weighted by molar-refractivity contribution is 6.35. The fourth-order valence-corrected chi connectivity index (χ4v) is 2.27. The summed E-state index contributed by atoms with van der Waals surface area (Å²) in [7, 11) is 0. The monoisotopic (exact) mass is 241 g/mol. The number of benzene rings is 1. The Kier molecular flexibility index (Phi) is 2.72. The van der Waals surface area contributed by atoms with E-state index in [0.29, 0.717) is 15.7 Å². The Balaban J connectivity index is 2.91. The topological polar surface area (TPSA) is 22.0 Å². The van der Waals surface area contributed by atoms with Crippen LogP contribution < -0.4 is 0 Å². The minimum absolute atomic E-state index is 0.477. The molecule has 2 nitrogen and oxygen atoms in total. The molecule has 0 N–H and O–H groups in total. The van der Waals surface area contributed by atoms with E-state index < -0.39 is 0 Å². The maximum atomic E-state index is 10.9. The van der Waals surface area contributed by atoms with Crippen molar-refractivity contribution in [2.75, 3.05) is 0 Å². The molecule has 2 aromatic rings. The molecule has 78 valence electrons. The lowest BCUT2D eigenvalue weighted by molar-refractivity contribution is 0.112. The number of aromatic nitrogens is 1. The zero-order valence-corrected chi connectivity index (χ0v) is 9.64. The summed E-state index contributed by atoms with van der Waals surface area (Å²) in [5, 5.41) is 1.89. The Hall–Kier alpha value is -0.990. The smallest absolute Gasteiger partial charge is 0.153 e. The Labute approximate surface area is 97.4 Å². The van der Waals surface area contributed by atoms with E-state index in [1.807, 2.05) is 17.6 Å². The Bertz CT molecular complexity index is 531. The Morgan fingerprint density at radius 2 is 2.13 bits per heavy atom. The molecule has 0 atom stereocenters. The zero-order valence-electron chi connectivity index (χ0n) is 8.13. The van der Waals surface area contributed by atoms with Crippen LogP contribution in [0.15, 0.2) is 18.2 Å². The van der Waals surface area contributed by atoms with Gasteiger partial charge in [-0.1, -0.05) is 23.2 Å². The highest BCUT2D eigenvalue weighted by atomic mass is 35.5. The molecule has 1 aromatic heterocycles. The fraction of sp³-hybridized carbons (Fsp3) is 0.182. The van der Waals surface area contributed by atoms with Gasteiger partial charge in [0.1, 0.15) is 5.15 Å². The lowest BCUT2D eigenvalue weighted by atomic mass is 10.2. The van der Waals surface area contributed by atoms with Gasteiger partial charge >= 0.3 is 0 Å². The van der Waals surface area contributed by atoms with Gasteiger partial charge < -0.3 is 4.57 Å². The lowest BCUT2D eigenvalue weighted by Gasteiger charge is -2.01. The van der Waals surface area contributed by atoms with Crippen LogP contribution >= 0.6 is 23.2 Å². The van der Waals surface area contributed by atoms with Gasteiger partial charge in [0.2, 0.25) is 0 Å². The van der Waals surface area contributed by atoms with Gasteiger partial charge in [0.05, 0.1) is 5.56 Å². The number of rotatable bonds is 2. The van der Waals surface area contributed by atoms with E-state index in [-0.39, 0.29) is 0 Å². The molecule has 0 aliphatic rings. The summed E-state index contributed by atoms with van der Waals surface area (Å²) in [4.78, 5) is 10.9. The molecule has 0 amide bonds. The van der Waals surface area contributed by atoms with Crippen molar-refractivity contribution in [2.24, 2.45) is 0 Å². The largest absolute Gasteiger partial charge is 0.331 e. The fourth-order valence-electron chi connectivity index (χ4n) is 1.74. The van der Waals surface area contributed by atoms with E-state index in [2.05, 4.69) is 0 Å². The van der Waals surface area contributed by atoms with E-state index in [9.17, 15) is 4.79 Å². The van der Waals surface area contributed by atoms with Crippen molar-refractivity contribution in [2.45, 2.75) is 13.5 Å². The first-order valence-corrected chi connectivity index (χ1v) is 5.37. The van der Waals surface area contributed by atoms with E-state index in [0.717, 1.165) is 23.7 Å². The number of carbonyl (C=O) groups is 1. The van der Waals surface area contributed by atoms with Gasteiger partial charge in [-0.3, -0.25) is 4.79 Å². The molecule has 2 rings (SSSR count). The second kappa shape index (κ2) is 3.87. The molecule has 0 aliphatic heterocycles. The number of hydrogen-bond donors (Lipinski definition) is 0. The summed E-state index contributed by atoms with van der Waals surface area (Å²) < 4.78 is 1.89. The van der Waals surface area contributed by atoms with Crippen molar-refractivity contribution in [1.82, 2.24) is 4.57 Å². The second-order valence-electron chi connectivity index (χ2n) is 3.23. The van der Waals surface area contributed by atoms with Crippen LogP contribution in [-0.2, 0) is 6.54 Å². The number of aryl methyl sites for hydroxylation is 1. The molecule has 0 saturated carbocycles. The van der Waals surface area contributed by atoms with E-state index >= 15 is 0 Å². The number of carbonyl (C=O) groups excluding carboxylic acids is 1. The first-order chi connectivity index (χ1) is 7.19. The summed E-state index contributed by atoms with van der Waals surface area (Å²) in [5.41, 5.74) is 1.45. The molecule has 4 heteroatoms. The molecule has 0 bridgehead atoms. The van der Waals surface area contributed by atoms with Gasteiger partial charge in [-0.2, -0.15) is 0 Å². The molecule has 15 heavy (non-hydrogen) atoms. The lowest BCUT2D eigenvalue weighted by Crippen LogP contribution is -1.93. The van der Waals surface area contributed by atoms with Gasteiger partial charge in [0.25, 0.3) is 0 Å². The van der Waals surface area contributed by atoms with E-state index in [1.54, 1.807) is 12.1 Å². The first kappa shape index (κ1) is 10.5. The minimum Gasteiger partial charge on any atom is -0.331 e. The van der Waals surface area contributed by atoms with Crippen LogP contribution in [0.25, 0.3) is 10.9 Å². The molecule has 0 radical (unpaired) electrons. The van der Waals surface area contributed by atoms with Gasteiger partial charge in [-0.25, -0.2) is 0 Å². The van der Waals surface area contributed by atoms with Crippen LogP contribution in [0, 0.1) is 0 Å². The molecule has 0 aliphatic carbocycles. The number of halogens is 2. The van der Waals surface area contributed by atoms with Crippen molar-refractivity contribution < 1.29 is 4.79 Å². The van der Waals surface area contributed by atoms with E-state index in [4.69, 9.17) is 23.2 Å². The van der Waals surface area contributed by atoms with Gasteiger partial charge in [-0.15, -0.1) is 0 Å². The molecule has 0 saturated heterocycles. The van der Waals surface area contributed by atoms with Crippen molar-refractivity contribution in [1.29, 1.82) is 0 Å². The third-order valence-electron chi connectivity index (χ3n) is 2.43. The highest BCUT2D eigenvalue weighted by Crippen LogP contribution is 2.30. The first-order valence-electron chi connectivity index (χ1n) is 4.61. The van der Waals surface area contributed by atoms with Gasteiger partial charge in [0.15, 0.2) is 6.29 Å². The van der Waals surface area contributed by atoms with Crippen LogP contribution in [0.5, 0.6) is 0 Å². The molecule has 1 heterocycles. The molecule has 0 fully saturated rings. The second-order valence-corrected chi connectivity index (χ2v) is 4.02. The molecular formula is C11H9Cl2NO. The molecule has 0 spiro atoms. The van der Waals surface area contributed by atoms with Crippen LogP contribution in [0.4, 0.5) is 0 Å². The van der Waals surface area contributed by atoms with Crippen LogP contribution in [-0.4, -0.2) is 10.9 Å². The summed E-state index contributed by atoms with van der Waals surface area (Å²) in [5.74, 6) is 0. The average Bonchev–Trinajstić information content (AvgIpc) is 2.48. The number of aldehydes is 1. The predicted molar refractivity (Wildman–Crippen MR) is 63.0 cm³/mol. The third-order valence-corrected chi connectivity index (χ3v) is 3.08. The van der Waals surface area contributed by atoms with Crippen LogP contribution in [0.3, 0.4) is 0 Å². The van der Waals surface area contributed by atoms with Gasteiger partial charge in [0, 0.05) is 22.5 Å².